The Kier molecular flexibility index (Phi) is 4.38. The van der Waals surface area contributed by atoms with E-state index in [1.807, 2.05) is 0 Å². The SMILES string of the molecule is COc1ccc(NS(=O)(=O)c2ccc(F)cc2Br)cc1N. The Balaban J connectivity index is 2.35. The van der Waals surface area contributed by atoms with Crippen LogP contribution in [0, 0.1) is 5.82 Å². The summed E-state index contributed by atoms with van der Waals surface area (Å²) in [6.45, 7) is 0. The van der Waals surface area contributed by atoms with Gasteiger partial charge in [0.2, 0.25) is 0 Å². The van der Waals surface area contributed by atoms with Crippen molar-refractivity contribution in [2.75, 3.05) is 17.6 Å². The third kappa shape index (κ3) is 3.45. The van der Waals surface area contributed by atoms with E-state index in [0.29, 0.717) is 11.4 Å². The largest absolute Gasteiger partial charge is 0.495 e. The zero-order chi connectivity index (χ0) is 15.6. The molecule has 2 rings (SSSR count). The molecule has 3 N–H and O–H groups in total. The highest BCUT2D eigenvalue weighted by molar-refractivity contribution is 9.10. The van der Waals surface area contributed by atoms with Crippen molar-refractivity contribution in [2.24, 2.45) is 0 Å². The van der Waals surface area contributed by atoms with Crippen molar-refractivity contribution in [3.63, 3.8) is 0 Å². The Morgan fingerprint density at radius 2 is 1.95 bits per heavy atom. The average Bonchev–Trinajstić information content (AvgIpc) is 2.37. The van der Waals surface area contributed by atoms with Crippen LogP contribution in [0.3, 0.4) is 0 Å². The monoisotopic (exact) mass is 374 g/mol. The molecule has 0 spiro atoms. The van der Waals surface area contributed by atoms with Crippen LogP contribution in [0.2, 0.25) is 0 Å². The second kappa shape index (κ2) is 5.90. The van der Waals surface area contributed by atoms with Gasteiger partial charge in [0.1, 0.15) is 16.5 Å². The fourth-order valence-electron chi connectivity index (χ4n) is 1.70. The van der Waals surface area contributed by atoms with E-state index in [4.69, 9.17) is 10.5 Å². The minimum Gasteiger partial charge on any atom is -0.495 e. The number of nitrogens with one attached hydrogen (secondary N) is 1. The lowest BCUT2D eigenvalue weighted by Crippen LogP contribution is -2.14. The second-order valence-electron chi connectivity index (χ2n) is 4.14. The number of nitrogens with two attached hydrogens (primary N) is 1. The molecule has 112 valence electrons. The molecule has 8 heteroatoms. The number of ether oxygens (including phenoxy) is 1. The van der Waals surface area contributed by atoms with Gasteiger partial charge >= 0.3 is 0 Å². The van der Waals surface area contributed by atoms with Crippen LogP contribution in [0.25, 0.3) is 0 Å². The van der Waals surface area contributed by atoms with Gasteiger partial charge in [0.15, 0.2) is 0 Å². The maximum Gasteiger partial charge on any atom is 0.263 e. The van der Waals surface area contributed by atoms with Crippen molar-refractivity contribution in [3.8, 4) is 5.75 Å². The average molecular weight is 375 g/mol. The lowest BCUT2D eigenvalue weighted by Gasteiger charge is -2.11. The fourth-order valence-corrected chi connectivity index (χ4v) is 3.80. The van der Waals surface area contributed by atoms with Crippen LogP contribution in [0.15, 0.2) is 45.8 Å². The topological polar surface area (TPSA) is 81.4 Å². The fraction of sp³-hybridized carbons (Fsp3) is 0.0769. The Morgan fingerprint density at radius 1 is 1.24 bits per heavy atom. The number of anilines is 2. The lowest BCUT2D eigenvalue weighted by molar-refractivity contribution is 0.417. The first-order chi connectivity index (χ1) is 9.83. The van der Waals surface area contributed by atoms with Crippen molar-refractivity contribution in [3.05, 3.63) is 46.7 Å². The van der Waals surface area contributed by atoms with Crippen LogP contribution in [0.4, 0.5) is 15.8 Å². The highest BCUT2D eigenvalue weighted by Crippen LogP contribution is 2.28. The molecule has 0 aromatic heterocycles. The van der Waals surface area contributed by atoms with Crippen molar-refractivity contribution in [2.45, 2.75) is 4.90 Å². The number of rotatable bonds is 4. The van der Waals surface area contributed by atoms with Crippen LogP contribution in [0.1, 0.15) is 0 Å². The number of benzene rings is 2. The van der Waals surface area contributed by atoms with Gasteiger partial charge in [-0.2, -0.15) is 0 Å². The van der Waals surface area contributed by atoms with E-state index < -0.39 is 15.8 Å². The summed E-state index contributed by atoms with van der Waals surface area (Å²) in [6, 6.07) is 7.83. The van der Waals surface area contributed by atoms with Crippen molar-refractivity contribution in [1.82, 2.24) is 0 Å². The van der Waals surface area contributed by atoms with E-state index in [1.54, 1.807) is 6.07 Å². The van der Waals surface area contributed by atoms with Crippen LogP contribution in [0.5, 0.6) is 5.75 Å². The summed E-state index contributed by atoms with van der Waals surface area (Å²) in [5.41, 5.74) is 6.30. The first-order valence-electron chi connectivity index (χ1n) is 5.75. The van der Waals surface area contributed by atoms with E-state index in [-0.39, 0.29) is 15.1 Å². The Hall–Kier alpha value is -1.80. The molecule has 0 aliphatic carbocycles. The number of nitrogen functional groups attached to an aromatic ring is 1. The molecule has 2 aromatic carbocycles. The number of hydrogen-bond acceptors (Lipinski definition) is 4. The summed E-state index contributed by atoms with van der Waals surface area (Å²) >= 11 is 3.03. The summed E-state index contributed by atoms with van der Waals surface area (Å²) in [6.07, 6.45) is 0. The zero-order valence-corrected chi connectivity index (χ0v) is 13.3. The van der Waals surface area contributed by atoms with Gasteiger partial charge in [0, 0.05) is 4.47 Å². The summed E-state index contributed by atoms with van der Waals surface area (Å²) in [5.74, 6) is -0.0876. The predicted octanol–water partition coefficient (Wildman–Crippen LogP) is 2.98. The third-order valence-corrected chi connectivity index (χ3v) is 5.02. The van der Waals surface area contributed by atoms with E-state index >= 15 is 0 Å². The highest BCUT2D eigenvalue weighted by Gasteiger charge is 2.18. The van der Waals surface area contributed by atoms with Gasteiger partial charge in [-0.25, -0.2) is 12.8 Å². The molecule has 0 bridgehead atoms. The molecule has 0 fully saturated rings. The van der Waals surface area contributed by atoms with E-state index in [2.05, 4.69) is 20.7 Å². The van der Waals surface area contributed by atoms with Gasteiger partial charge < -0.3 is 10.5 Å². The van der Waals surface area contributed by atoms with Crippen molar-refractivity contribution >= 4 is 37.3 Å². The Morgan fingerprint density at radius 3 is 2.52 bits per heavy atom. The van der Waals surface area contributed by atoms with Gasteiger partial charge in [0.05, 0.1) is 18.5 Å². The van der Waals surface area contributed by atoms with Crippen molar-refractivity contribution < 1.29 is 17.5 Å². The third-order valence-electron chi connectivity index (χ3n) is 2.67. The van der Waals surface area contributed by atoms with Gasteiger partial charge in [-0.15, -0.1) is 0 Å². The first kappa shape index (κ1) is 15.6. The minimum absolute atomic E-state index is 0.0710. The highest BCUT2D eigenvalue weighted by atomic mass is 79.9. The number of methoxy groups -OCH3 is 1. The maximum absolute atomic E-state index is 13.0. The molecular weight excluding hydrogens is 363 g/mol. The molecule has 21 heavy (non-hydrogen) atoms. The minimum atomic E-state index is -3.86. The van der Waals surface area contributed by atoms with Crippen LogP contribution >= 0.6 is 15.9 Å². The molecule has 0 atom stereocenters. The normalized spacial score (nSPS) is 11.2. The zero-order valence-electron chi connectivity index (χ0n) is 10.9. The predicted molar refractivity (Wildman–Crippen MR) is 82.3 cm³/mol. The number of sulfonamides is 1. The Bertz CT molecular complexity index is 781. The molecule has 0 heterocycles. The standard InChI is InChI=1S/C13H12BrFN2O3S/c1-20-12-4-3-9(7-11(12)16)17-21(18,19)13-5-2-8(15)6-10(13)14/h2-7,17H,16H2,1H3. The number of hydrogen-bond donors (Lipinski definition) is 2. The summed E-state index contributed by atoms with van der Waals surface area (Å²) in [5, 5.41) is 0. The molecule has 2 aromatic rings. The van der Waals surface area contributed by atoms with Gasteiger partial charge in [-0.3, -0.25) is 4.72 Å². The molecule has 0 aliphatic heterocycles. The number of halogens is 2. The molecular formula is C13H12BrFN2O3S. The van der Waals surface area contributed by atoms with Gasteiger partial charge in [-0.05, 0) is 52.3 Å². The molecule has 0 saturated heterocycles. The summed E-state index contributed by atoms with van der Waals surface area (Å²) in [7, 11) is -2.39. The molecule has 5 nitrogen and oxygen atoms in total. The van der Waals surface area contributed by atoms with Crippen LogP contribution in [-0.4, -0.2) is 15.5 Å². The van der Waals surface area contributed by atoms with E-state index in [9.17, 15) is 12.8 Å². The molecule has 0 amide bonds. The maximum atomic E-state index is 13.0. The molecule has 0 aliphatic rings. The lowest BCUT2D eigenvalue weighted by atomic mass is 10.2. The van der Waals surface area contributed by atoms with E-state index in [0.717, 1.165) is 12.1 Å². The van der Waals surface area contributed by atoms with Crippen LogP contribution in [-0.2, 0) is 10.0 Å². The molecule has 0 radical (unpaired) electrons. The molecule has 0 unspecified atom stereocenters. The second-order valence-corrected chi connectivity index (χ2v) is 6.64. The summed E-state index contributed by atoms with van der Waals surface area (Å²) < 4.78 is 45.1. The first-order valence-corrected chi connectivity index (χ1v) is 8.02. The molecule has 0 saturated carbocycles. The summed E-state index contributed by atoms with van der Waals surface area (Å²) in [4.78, 5) is -0.0710. The van der Waals surface area contributed by atoms with Crippen LogP contribution < -0.4 is 15.2 Å². The van der Waals surface area contributed by atoms with E-state index in [1.165, 1.54) is 25.3 Å². The Labute approximate surface area is 130 Å². The smallest absolute Gasteiger partial charge is 0.263 e. The van der Waals surface area contributed by atoms with Gasteiger partial charge in [0.25, 0.3) is 10.0 Å². The van der Waals surface area contributed by atoms with Crippen molar-refractivity contribution in [1.29, 1.82) is 0 Å². The van der Waals surface area contributed by atoms with Gasteiger partial charge in [-0.1, -0.05) is 0 Å². The quantitative estimate of drug-likeness (QED) is 0.806.